The summed E-state index contributed by atoms with van der Waals surface area (Å²) in [6, 6.07) is -0.0507. The van der Waals surface area contributed by atoms with Crippen molar-refractivity contribution in [3.63, 3.8) is 0 Å². The molecule has 70 valence electrons. The SMILES string of the molecule is O.[B][C@H]1CC[C@@H](COCCC)O1. The lowest BCUT2D eigenvalue weighted by molar-refractivity contribution is 0.00712. The van der Waals surface area contributed by atoms with Gasteiger partial charge in [0.1, 0.15) is 7.85 Å². The van der Waals surface area contributed by atoms with E-state index in [-0.39, 0.29) is 17.6 Å². The van der Waals surface area contributed by atoms with E-state index >= 15 is 0 Å². The van der Waals surface area contributed by atoms with E-state index in [9.17, 15) is 0 Å². The van der Waals surface area contributed by atoms with E-state index in [4.69, 9.17) is 17.3 Å². The van der Waals surface area contributed by atoms with Crippen LogP contribution in [0.4, 0.5) is 0 Å². The molecule has 1 aliphatic heterocycles. The van der Waals surface area contributed by atoms with Gasteiger partial charge in [-0.3, -0.25) is 0 Å². The molecule has 1 aliphatic rings. The van der Waals surface area contributed by atoms with Gasteiger partial charge in [-0.05, 0) is 19.3 Å². The first-order valence-electron chi connectivity index (χ1n) is 4.31. The van der Waals surface area contributed by atoms with Crippen molar-refractivity contribution in [1.29, 1.82) is 0 Å². The van der Waals surface area contributed by atoms with Gasteiger partial charge in [0.05, 0.1) is 12.7 Å². The van der Waals surface area contributed by atoms with Crippen LogP contribution in [0.2, 0.25) is 0 Å². The van der Waals surface area contributed by atoms with Crippen LogP contribution in [0.15, 0.2) is 0 Å². The average Bonchev–Trinajstić information content (AvgIpc) is 2.37. The maximum Gasteiger partial charge on any atom is 0.109 e. The highest BCUT2D eigenvalue weighted by Gasteiger charge is 2.20. The summed E-state index contributed by atoms with van der Waals surface area (Å²) >= 11 is 0. The Morgan fingerprint density at radius 3 is 2.75 bits per heavy atom. The molecule has 12 heavy (non-hydrogen) atoms. The number of ether oxygens (including phenoxy) is 2. The zero-order chi connectivity index (χ0) is 8.10. The highest BCUT2D eigenvalue weighted by Crippen LogP contribution is 2.17. The zero-order valence-electron chi connectivity index (χ0n) is 7.58. The minimum absolute atomic E-state index is 0. The largest absolute Gasteiger partial charge is 0.412 e. The zero-order valence-corrected chi connectivity index (χ0v) is 7.58. The van der Waals surface area contributed by atoms with Crippen LogP contribution in [0.5, 0.6) is 0 Å². The normalized spacial score (nSPS) is 28.4. The summed E-state index contributed by atoms with van der Waals surface area (Å²) in [5.74, 6) is 0. The minimum Gasteiger partial charge on any atom is -0.412 e. The molecule has 4 heteroatoms. The van der Waals surface area contributed by atoms with Gasteiger partial charge in [0.15, 0.2) is 0 Å². The van der Waals surface area contributed by atoms with E-state index in [0.717, 1.165) is 25.9 Å². The third kappa shape index (κ3) is 4.09. The second-order valence-electron chi connectivity index (χ2n) is 2.95. The lowest BCUT2D eigenvalue weighted by atomic mass is 9.97. The molecule has 2 N–H and O–H groups in total. The summed E-state index contributed by atoms with van der Waals surface area (Å²) in [7, 11) is 5.55. The molecule has 0 aliphatic carbocycles. The standard InChI is InChI=1S/C8H15BO2.H2O/c1-2-5-10-6-7-3-4-8(9)11-7;/h7-8H,2-6H2,1H3;1H2/t7-,8+;/m0./s1. The fourth-order valence-corrected chi connectivity index (χ4v) is 1.22. The molecule has 1 rings (SSSR count). The predicted octanol–water partition coefficient (Wildman–Crippen LogP) is 0.262. The molecule has 0 saturated carbocycles. The van der Waals surface area contributed by atoms with Crippen molar-refractivity contribution in [3.05, 3.63) is 0 Å². The Kier molecular flexibility index (Phi) is 6.43. The van der Waals surface area contributed by atoms with E-state index in [1.54, 1.807) is 0 Å². The monoisotopic (exact) mass is 172 g/mol. The third-order valence-corrected chi connectivity index (χ3v) is 1.79. The fourth-order valence-electron chi connectivity index (χ4n) is 1.22. The molecule has 0 amide bonds. The van der Waals surface area contributed by atoms with Crippen molar-refractivity contribution in [2.45, 2.75) is 38.3 Å². The Morgan fingerprint density at radius 1 is 1.50 bits per heavy atom. The first-order chi connectivity index (χ1) is 5.33. The second kappa shape index (κ2) is 6.46. The minimum atomic E-state index is -0.0507. The maximum absolute atomic E-state index is 5.55. The van der Waals surface area contributed by atoms with Crippen LogP contribution in [0.1, 0.15) is 26.2 Å². The highest BCUT2D eigenvalue weighted by molar-refractivity contribution is 6.11. The van der Waals surface area contributed by atoms with Gasteiger partial charge in [0.2, 0.25) is 0 Å². The molecule has 2 radical (unpaired) electrons. The van der Waals surface area contributed by atoms with Crippen molar-refractivity contribution in [3.8, 4) is 0 Å². The van der Waals surface area contributed by atoms with Crippen LogP contribution in [-0.2, 0) is 9.47 Å². The van der Waals surface area contributed by atoms with Crippen LogP contribution in [0, 0.1) is 0 Å². The van der Waals surface area contributed by atoms with Gasteiger partial charge in [0, 0.05) is 12.6 Å². The Labute approximate surface area is 75.1 Å². The van der Waals surface area contributed by atoms with Crippen LogP contribution in [-0.4, -0.2) is 38.6 Å². The van der Waals surface area contributed by atoms with E-state index in [0.29, 0.717) is 6.61 Å². The summed E-state index contributed by atoms with van der Waals surface area (Å²) in [6.45, 7) is 3.64. The van der Waals surface area contributed by atoms with Gasteiger partial charge in [-0.25, -0.2) is 0 Å². The molecule has 0 bridgehead atoms. The number of rotatable bonds is 4. The van der Waals surface area contributed by atoms with Crippen molar-refractivity contribution < 1.29 is 14.9 Å². The van der Waals surface area contributed by atoms with Gasteiger partial charge in [-0.1, -0.05) is 6.92 Å². The molecule has 1 saturated heterocycles. The van der Waals surface area contributed by atoms with Gasteiger partial charge in [0.25, 0.3) is 0 Å². The predicted molar refractivity (Wildman–Crippen MR) is 48.4 cm³/mol. The molecule has 1 heterocycles. The van der Waals surface area contributed by atoms with Crippen molar-refractivity contribution in [1.82, 2.24) is 0 Å². The molecule has 3 nitrogen and oxygen atoms in total. The Hall–Kier alpha value is -0.0551. The van der Waals surface area contributed by atoms with Gasteiger partial charge < -0.3 is 14.9 Å². The molecular weight excluding hydrogens is 155 g/mol. The van der Waals surface area contributed by atoms with Crippen molar-refractivity contribution >= 4 is 7.85 Å². The van der Waals surface area contributed by atoms with E-state index in [1.165, 1.54) is 0 Å². The second-order valence-corrected chi connectivity index (χ2v) is 2.95. The topological polar surface area (TPSA) is 50.0 Å². The molecular formula is C8H17BO3. The van der Waals surface area contributed by atoms with E-state index in [2.05, 4.69) is 6.92 Å². The molecule has 0 aromatic carbocycles. The fraction of sp³-hybridized carbons (Fsp3) is 1.00. The lowest BCUT2D eigenvalue weighted by Gasteiger charge is -2.10. The van der Waals surface area contributed by atoms with Crippen LogP contribution in [0.3, 0.4) is 0 Å². The summed E-state index contributed by atoms with van der Waals surface area (Å²) in [4.78, 5) is 0. The molecule has 0 aromatic rings. The quantitative estimate of drug-likeness (QED) is 0.451. The molecule has 2 atom stereocenters. The van der Waals surface area contributed by atoms with Gasteiger partial charge in [-0.15, -0.1) is 0 Å². The summed E-state index contributed by atoms with van der Waals surface area (Å²) in [6.07, 6.45) is 3.33. The first kappa shape index (κ1) is 11.9. The smallest absolute Gasteiger partial charge is 0.109 e. The van der Waals surface area contributed by atoms with E-state index in [1.807, 2.05) is 0 Å². The Balaban J connectivity index is 0.00000121. The lowest BCUT2D eigenvalue weighted by Crippen LogP contribution is -2.17. The first-order valence-corrected chi connectivity index (χ1v) is 4.31. The van der Waals surface area contributed by atoms with Crippen molar-refractivity contribution in [2.75, 3.05) is 13.2 Å². The van der Waals surface area contributed by atoms with Crippen molar-refractivity contribution in [2.24, 2.45) is 0 Å². The summed E-state index contributed by atoms with van der Waals surface area (Å²) < 4.78 is 10.7. The number of hydrogen-bond donors (Lipinski definition) is 0. The molecule has 0 aromatic heterocycles. The summed E-state index contributed by atoms with van der Waals surface area (Å²) in [5, 5.41) is 0. The van der Waals surface area contributed by atoms with Crippen LogP contribution in [0.25, 0.3) is 0 Å². The molecule has 1 fully saturated rings. The summed E-state index contributed by atoms with van der Waals surface area (Å²) in [5.41, 5.74) is 0. The highest BCUT2D eigenvalue weighted by atomic mass is 16.5. The van der Waals surface area contributed by atoms with Gasteiger partial charge >= 0.3 is 0 Å². The molecule has 0 spiro atoms. The van der Waals surface area contributed by atoms with Crippen LogP contribution >= 0.6 is 0 Å². The average molecular weight is 172 g/mol. The third-order valence-electron chi connectivity index (χ3n) is 1.79. The Morgan fingerprint density at radius 2 is 2.25 bits per heavy atom. The van der Waals surface area contributed by atoms with Crippen LogP contribution < -0.4 is 0 Å². The van der Waals surface area contributed by atoms with Gasteiger partial charge in [-0.2, -0.15) is 0 Å². The number of hydrogen-bond acceptors (Lipinski definition) is 2. The maximum atomic E-state index is 5.55. The Bertz CT molecular complexity index is 110. The van der Waals surface area contributed by atoms with E-state index < -0.39 is 0 Å². The molecule has 0 unspecified atom stereocenters.